The minimum atomic E-state index is -0.236. The largest absolute Gasteiger partial charge is 0.495 e. The summed E-state index contributed by atoms with van der Waals surface area (Å²) in [7, 11) is 1.56. The summed E-state index contributed by atoms with van der Waals surface area (Å²) in [6.07, 6.45) is 0.148. The molecule has 1 amide bonds. The molecule has 1 saturated heterocycles. The normalized spacial score (nSPS) is 20.9. The van der Waals surface area contributed by atoms with Crippen LogP contribution in [-0.4, -0.2) is 49.8 Å². The van der Waals surface area contributed by atoms with Crippen molar-refractivity contribution in [3.8, 4) is 5.75 Å². The van der Waals surface area contributed by atoms with Gasteiger partial charge < -0.3 is 14.8 Å². The van der Waals surface area contributed by atoms with Gasteiger partial charge in [0.05, 0.1) is 31.5 Å². The van der Waals surface area contributed by atoms with Crippen molar-refractivity contribution in [3.05, 3.63) is 23.2 Å². The number of methoxy groups -OCH3 is 1. The molecular formula is C15H21ClN2O3. The third kappa shape index (κ3) is 4.09. The Kier molecular flexibility index (Phi) is 5.45. The van der Waals surface area contributed by atoms with Crippen molar-refractivity contribution in [1.29, 1.82) is 0 Å². The zero-order chi connectivity index (χ0) is 15.4. The SMILES string of the molecule is COc1ccc(Cl)cc1NC(=O)[C@@H](C)N1CCO[C@H](C)C1. The number of morpholine rings is 1. The van der Waals surface area contributed by atoms with E-state index in [9.17, 15) is 4.79 Å². The minimum absolute atomic E-state index is 0.0790. The summed E-state index contributed by atoms with van der Waals surface area (Å²) in [5.41, 5.74) is 0.586. The Balaban J connectivity index is 2.05. The Hall–Kier alpha value is -1.30. The molecule has 21 heavy (non-hydrogen) atoms. The second-order valence-corrected chi connectivity index (χ2v) is 5.62. The van der Waals surface area contributed by atoms with Crippen molar-refractivity contribution >= 4 is 23.2 Å². The van der Waals surface area contributed by atoms with E-state index >= 15 is 0 Å². The summed E-state index contributed by atoms with van der Waals surface area (Å²) in [5, 5.41) is 3.44. The van der Waals surface area contributed by atoms with Gasteiger partial charge >= 0.3 is 0 Å². The number of hydrogen-bond donors (Lipinski definition) is 1. The highest BCUT2D eigenvalue weighted by Crippen LogP contribution is 2.28. The van der Waals surface area contributed by atoms with Crippen LogP contribution in [0.3, 0.4) is 0 Å². The van der Waals surface area contributed by atoms with E-state index in [4.69, 9.17) is 21.1 Å². The number of ether oxygens (including phenoxy) is 2. The lowest BCUT2D eigenvalue weighted by Gasteiger charge is -2.34. The van der Waals surface area contributed by atoms with Crippen LogP contribution in [0, 0.1) is 0 Å². The maximum absolute atomic E-state index is 12.4. The van der Waals surface area contributed by atoms with Crippen LogP contribution >= 0.6 is 11.6 Å². The quantitative estimate of drug-likeness (QED) is 0.927. The number of hydrogen-bond acceptors (Lipinski definition) is 4. The summed E-state index contributed by atoms with van der Waals surface area (Å²) in [4.78, 5) is 14.5. The van der Waals surface area contributed by atoms with Gasteiger partial charge in [-0.15, -0.1) is 0 Å². The Morgan fingerprint density at radius 3 is 3.00 bits per heavy atom. The van der Waals surface area contributed by atoms with Gasteiger partial charge in [0.15, 0.2) is 0 Å². The fraction of sp³-hybridized carbons (Fsp3) is 0.533. The molecule has 1 fully saturated rings. The smallest absolute Gasteiger partial charge is 0.241 e. The first kappa shape index (κ1) is 16.1. The monoisotopic (exact) mass is 312 g/mol. The Morgan fingerprint density at radius 2 is 2.33 bits per heavy atom. The van der Waals surface area contributed by atoms with Gasteiger partial charge in [-0.2, -0.15) is 0 Å². The van der Waals surface area contributed by atoms with Crippen LogP contribution in [0.1, 0.15) is 13.8 Å². The topological polar surface area (TPSA) is 50.8 Å². The summed E-state index contributed by atoms with van der Waals surface area (Å²) in [6.45, 7) is 6.06. The maximum Gasteiger partial charge on any atom is 0.241 e. The molecule has 2 rings (SSSR count). The lowest BCUT2D eigenvalue weighted by Crippen LogP contribution is -2.50. The van der Waals surface area contributed by atoms with E-state index in [0.717, 1.165) is 13.1 Å². The van der Waals surface area contributed by atoms with Crippen molar-refractivity contribution in [2.75, 3.05) is 32.1 Å². The molecule has 0 radical (unpaired) electrons. The molecule has 0 bridgehead atoms. The van der Waals surface area contributed by atoms with Crippen molar-refractivity contribution < 1.29 is 14.3 Å². The molecule has 0 spiro atoms. The fourth-order valence-electron chi connectivity index (χ4n) is 2.38. The predicted molar refractivity (Wildman–Crippen MR) is 83.1 cm³/mol. The lowest BCUT2D eigenvalue weighted by atomic mass is 10.2. The average Bonchev–Trinajstić information content (AvgIpc) is 2.46. The van der Waals surface area contributed by atoms with E-state index < -0.39 is 0 Å². The number of rotatable bonds is 4. The van der Waals surface area contributed by atoms with Crippen LogP contribution in [0.15, 0.2) is 18.2 Å². The lowest BCUT2D eigenvalue weighted by molar-refractivity contribution is -0.123. The van der Waals surface area contributed by atoms with Crippen molar-refractivity contribution in [2.45, 2.75) is 26.0 Å². The third-order valence-corrected chi connectivity index (χ3v) is 3.85. The molecule has 6 heteroatoms. The maximum atomic E-state index is 12.4. The van der Waals surface area contributed by atoms with Gasteiger partial charge in [0.2, 0.25) is 5.91 Å². The van der Waals surface area contributed by atoms with E-state index in [1.54, 1.807) is 25.3 Å². The number of nitrogens with zero attached hydrogens (tertiary/aromatic N) is 1. The predicted octanol–water partition coefficient (Wildman–Crippen LogP) is 2.40. The molecule has 0 saturated carbocycles. The zero-order valence-electron chi connectivity index (χ0n) is 12.6. The van der Waals surface area contributed by atoms with Gasteiger partial charge in [0.25, 0.3) is 0 Å². The van der Waals surface area contributed by atoms with Crippen LogP contribution in [0.2, 0.25) is 5.02 Å². The van der Waals surface area contributed by atoms with Crippen LogP contribution in [0.5, 0.6) is 5.75 Å². The molecule has 1 N–H and O–H groups in total. The number of anilines is 1. The summed E-state index contributed by atoms with van der Waals surface area (Å²) in [6, 6.07) is 4.91. The molecule has 2 atom stereocenters. The van der Waals surface area contributed by atoms with E-state index in [2.05, 4.69) is 10.2 Å². The van der Waals surface area contributed by atoms with Gasteiger partial charge in [-0.3, -0.25) is 9.69 Å². The van der Waals surface area contributed by atoms with E-state index in [0.29, 0.717) is 23.1 Å². The zero-order valence-corrected chi connectivity index (χ0v) is 13.3. The standard InChI is InChI=1S/C15H21ClN2O3/c1-10-9-18(6-7-21-10)11(2)15(19)17-13-8-12(16)4-5-14(13)20-3/h4-5,8,10-11H,6-7,9H2,1-3H3,(H,17,19)/t10-,11-/m1/s1. The highest BCUT2D eigenvalue weighted by atomic mass is 35.5. The third-order valence-electron chi connectivity index (χ3n) is 3.62. The van der Waals surface area contributed by atoms with Crippen molar-refractivity contribution in [1.82, 2.24) is 4.90 Å². The van der Waals surface area contributed by atoms with E-state index in [-0.39, 0.29) is 18.1 Å². The molecule has 1 aromatic carbocycles. The van der Waals surface area contributed by atoms with Gasteiger partial charge in [0.1, 0.15) is 5.75 Å². The average molecular weight is 313 g/mol. The van der Waals surface area contributed by atoms with Crippen LogP contribution in [-0.2, 0) is 9.53 Å². The molecule has 0 unspecified atom stereocenters. The molecule has 1 aromatic rings. The number of carbonyl (C=O) groups excluding carboxylic acids is 1. The van der Waals surface area contributed by atoms with Crippen molar-refractivity contribution in [2.24, 2.45) is 0 Å². The first-order valence-corrected chi connectivity index (χ1v) is 7.39. The highest BCUT2D eigenvalue weighted by molar-refractivity contribution is 6.31. The first-order chi connectivity index (χ1) is 10.0. The van der Waals surface area contributed by atoms with Gasteiger partial charge in [-0.1, -0.05) is 11.6 Å². The Morgan fingerprint density at radius 1 is 1.57 bits per heavy atom. The molecule has 0 aromatic heterocycles. The molecule has 1 aliphatic heterocycles. The molecular weight excluding hydrogens is 292 g/mol. The number of benzene rings is 1. The van der Waals surface area contributed by atoms with Gasteiger partial charge in [-0.05, 0) is 32.0 Å². The Bertz CT molecular complexity index is 510. The number of halogens is 1. The number of amides is 1. The van der Waals surface area contributed by atoms with Crippen molar-refractivity contribution in [3.63, 3.8) is 0 Å². The minimum Gasteiger partial charge on any atom is -0.495 e. The van der Waals surface area contributed by atoms with Crippen LogP contribution < -0.4 is 10.1 Å². The highest BCUT2D eigenvalue weighted by Gasteiger charge is 2.26. The molecule has 5 nitrogen and oxygen atoms in total. The summed E-state index contributed by atoms with van der Waals surface area (Å²) < 4.78 is 10.7. The molecule has 1 aliphatic rings. The second kappa shape index (κ2) is 7.11. The number of carbonyl (C=O) groups is 1. The molecule has 116 valence electrons. The second-order valence-electron chi connectivity index (χ2n) is 5.19. The van der Waals surface area contributed by atoms with E-state index in [1.165, 1.54) is 0 Å². The number of nitrogens with one attached hydrogen (secondary N) is 1. The summed E-state index contributed by atoms with van der Waals surface area (Å²) in [5.74, 6) is 0.514. The van der Waals surface area contributed by atoms with Crippen LogP contribution in [0.4, 0.5) is 5.69 Å². The fourth-order valence-corrected chi connectivity index (χ4v) is 2.55. The summed E-state index contributed by atoms with van der Waals surface area (Å²) >= 11 is 5.97. The van der Waals surface area contributed by atoms with Gasteiger partial charge in [-0.25, -0.2) is 0 Å². The molecule has 1 heterocycles. The van der Waals surface area contributed by atoms with Crippen LogP contribution in [0.25, 0.3) is 0 Å². The Labute approximate surface area is 130 Å². The molecule has 0 aliphatic carbocycles. The van der Waals surface area contributed by atoms with E-state index in [1.807, 2.05) is 13.8 Å². The first-order valence-electron chi connectivity index (χ1n) is 7.01. The van der Waals surface area contributed by atoms with Gasteiger partial charge in [0, 0.05) is 18.1 Å².